The third-order valence-electron chi connectivity index (χ3n) is 3.17. The summed E-state index contributed by atoms with van der Waals surface area (Å²) in [4.78, 5) is 33.1. The second kappa shape index (κ2) is 5.74. The molecule has 0 aromatic carbocycles. The highest BCUT2D eigenvalue weighted by atomic mass is 31.1. The van der Waals surface area contributed by atoms with Crippen molar-refractivity contribution in [2.45, 2.75) is 31.0 Å². The van der Waals surface area contributed by atoms with Crippen LogP contribution in [0.25, 0.3) is 0 Å². The maximum Gasteiger partial charge on any atom is 0.694 e. The van der Waals surface area contributed by atoms with Crippen LogP contribution in [0, 0.1) is 0 Å². The number of nitrogens with zero attached hydrogens (tertiary/aromatic N) is 1. The molecule has 1 saturated heterocycles. The molecule has 0 spiro atoms. The number of halogens is 1. The van der Waals surface area contributed by atoms with Gasteiger partial charge in [0.2, 0.25) is 0 Å². The first-order chi connectivity index (χ1) is 9.73. The summed E-state index contributed by atoms with van der Waals surface area (Å²) in [6.07, 6.45) is -3.40. The predicted octanol–water partition coefficient (Wildman–Crippen LogP) is -0.811. The number of hydrogen-bond acceptors (Lipinski definition) is 6. The van der Waals surface area contributed by atoms with Crippen LogP contribution in [0.4, 0.5) is 4.39 Å². The lowest BCUT2D eigenvalue weighted by molar-refractivity contribution is -0.0587. The maximum atomic E-state index is 14.6. The van der Waals surface area contributed by atoms with Crippen molar-refractivity contribution in [3.05, 3.63) is 33.1 Å². The molecule has 1 fully saturated rings. The highest BCUT2D eigenvalue weighted by molar-refractivity contribution is 7.32. The van der Waals surface area contributed by atoms with Gasteiger partial charge in [0.1, 0.15) is 18.8 Å². The molecule has 0 amide bonds. The first-order valence-corrected chi connectivity index (χ1v) is 6.99. The predicted molar refractivity (Wildman–Crippen MR) is 66.5 cm³/mol. The van der Waals surface area contributed by atoms with Gasteiger partial charge in [-0.2, -0.15) is 0 Å². The summed E-state index contributed by atoms with van der Waals surface area (Å²) < 4.78 is 35.4. The Bertz CT molecular complexity index is 657. The van der Waals surface area contributed by atoms with E-state index in [1.165, 1.54) is 0 Å². The van der Waals surface area contributed by atoms with Crippen LogP contribution in [0.2, 0.25) is 0 Å². The van der Waals surface area contributed by atoms with E-state index >= 15 is 0 Å². The van der Waals surface area contributed by atoms with Crippen molar-refractivity contribution in [3.63, 3.8) is 0 Å². The van der Waals surface area contributed by atoms with Crippen LogP contribution in [0.1, 0.15) is 13.2 Å². The molecule has 11 heteroatoms. The SMILES string of the molecule is [13CH3][C@@]1(F)[C@H](O)[C@@H](CO[P+](=O)O)O[C@H]1n1ccc(=O)[nH]c1=O. The van der Waals surface area contributed by atoms with Gasteiger partial charge in [0.25, 0.3) is 5.56 Å². The van der Waals surface area contributed by atoms with Crippen LogP contribution in [0.3, 0.4) is 0 Å². The van der Waals surface area contributed by atoms with E-state index in [2.05, 4.69) is 4.52 Å². The number of aromatic amines is 1. The molecule has 1 aromatic rings. The van der Waals surface area contributed by atoms with Crippen molar-refractivity contribution in [1.82, 2.24) is 9.55 Å². The smallest absolute Gasteiger partial charge is 0.387 e. The normalized spacial score (nSPS) is 33.1. The van der Waals surface area contributed by atoms with Crippen molar-refractivity contribution in [2.75, 3.05) is 6.61 Å². The molecule has 2 heterocycles. The Labute approximate surface area is 117 Å². The second-order valence-electron chi connectivity index (χ2n) is 4.67. The lowest BCUT2D eigenvalue weighted by Gasteiger charge is -2.24. The summed E-state index contributed by atoms with van der Waals surface area (Å²) in [5, 5.41) is 9.86. The summed E-state index contributed by atoms with van der Waals surface area (Å²) in [6.45, 7) is 0.486. The Morgan fingerprint density at radius 2 is 2.29 bits per heavy atom. The van der Waals surface area contributed by atoms with E-state index in [1.54, 1.807) is 0 Å². The zero-order chi connectivity index (χ0) is 15.8. The van der Waals surface area contributed by atoms with Gasteiger partial charge >= 0.3 is 13.9 Å². The maximum absolute atomic E-state index is 14.6. The minimum Gasteiger partial charge on any atom is -0.387 e. The first kappa shape index (κ1) is 15.9. The fraction of sp³-hybridized carbons (Fsp3) is 0.600. The van der Waals surface area contributed by atoms with Crippen LogP contribution < -0.4 is 11.2 Å². The molecule has 0 radical (unpaired) electrons. The van der Waals surface area contributed by atoms with Gasteiger partial charge in [0, 0.05) is 16.8 Å². The van der Waals surface area contributed by atoms with Crippen molar-refractivity contribution in [1.29, 1.82) is 0 Å². The molecule has 0 bridgehead atoms. The van der Waals surface area contributed by atoms with Gasteiger partial charge in [-0.05, 0) is 6.92 Å². The fourth-order valence-corrected chi connectivity index (χ4v) is 2.37. The monoisotopic (exact) mass is 324 g/mol. The van der Waals surface area contributed by atoms with Gasteiger partial charge in [-0.25, -0.2) is 9.18 Å². The summed E-state index contributed by atoms with van der Waals surface area (Å²) in [5.41, 5.74) is -3.93. The Morgan fingerprint density at radius 1 is 1.62 bits per heavy atom. The van der Waals surface area contributed by atoms with E-state index < -0.39 is 50.2 Å². The quantitative estimate of drug-likeness (QED) is 0.487. The molecule has 0 saturated carbocycles. The van der Waals surface area contributed by atoms with Crippen molar-refractivity contribution in [3.8, 4) is 0 Å². The number of aliphatic hydroxyl groups excluding tert-OH is 1. The van der Waals surface area contributed by atoms with Crippen LogP contribution in [0.5, 0.6) is 0 Å². The van der Waals surface area contributed by atoms with E-state index in [-0.39, 0.29) is 0 Å². The van der Waals surface area contributed by atoms with Gasteiger partial charge in [0.05, 0.1) is 0 Å². The van der Waals surface area contributed by atoms with E-state index in [0.29, 0.717) is 0 Å². The summed E-state index contributed by atoms with van der Waals surface area (Å²) in [7, 11) is -2.93. The topological polar surface area (TPSA) is 131 Å². The Balaban J connectivity index is 2.29. The average Bonchev–Trinajstić information content (AvgIpc) is 2.60. The molecule has 21 heavy (non-hydrogen) atoms. The molecule has 1 aromatic heterocycles. The number of aliphatic hydroxyl groups is 1. The Hall–Kier alpha value is -1.45. The number of rotatable bonds is 4. The molecule has 3 N–H and O–H groups in total. The zero-order valence-corrected chi connectivity index (χ0v) is 11.7. The number of hydrogen-bond donors (Lipinski definition) is 3. The number of nitrogens with one attached hydrogen (secondary N) is 1. The van der Waals surface area contributed by atoms with Crippen LogP contribution in [0.15, 0.2) is 21.9 Å². The number of aromatic nitrogens is 2. The van der Waals surface area contributed by atoms with Gasteiger partial charge in [-0.3, -0.25) is 14.3 Å². The van der Waals surface area contributed by atoms with E-state index in [0.717, 1.165) is 23.8 Å². The standard InChI is InChI=1S/C10H12FN2O7P/c1-10(11)7(15)5(4-19-21(17)18)20-8(10)13-3-2-6(14)12-9(13)16/h2-3,5,7-8,15H,4H2,1H3,(H-,12,14,16,17,18)/p+1/t5-,7-,8-,10-/m1/s1/i1+1. The summed E-state index contributed by atoms with van der Waals surface area (Å²) in [6, 6.07) is 1.00. The molecule has 1 unspecified atom stereocenters. The molecule has 5 atom stereocenters. The highest BCUT2D eigenvalue weighted by Gasteiger charge is 2.55. The van der Waals surface area contributed by atoms with E-state index in [1.807, 2.05) is 4.98 Å². The molecule has 1 aliphatic rings. The van der Waals surface area contributed by atoms with Gasteiger partial charge < -0.3 is 9.84 Å². The second-order valence-corrected chi connectivity index (χ2v) is 5.41. The van der Waals surface area contributed by atoms with Crippen LogP contribution in [-0.4, -0.2) is 44.0 Å². The van der Waals surface area contributed by atoms with E-state index in [4.69, 9.17) is 9.63 Å². The van der Waals surface area contributed by atoms with Gasteiger partial charge in [-0.15, -0.1) is 9.42 Å². The third-order valence-corrected chi connectivity index (χ3v) is 3.54. The third kappa shape index (κ3) is 3.09. The van der Waals surface area contributed by atoms with Crippen molar-refractivity contribution < 1.29 is 28.2 Å². The van der Waals surface area contributed by atoms with Crippen LogP contribution >= 0.6 is 8.25 Å². The molecular weight excluding hydrogens is 311 g/mol. The van der Waals surface area contributed by atoms with Crippen molar-refractivity contribution in [2.24, 2.45) is 0 Å². The summed E-state index contributed by atoms with van der Waals surface area (Å²) >= 11 is 0. The lowest BCUT2D eigenvalue weighted by atomic mass is 10.0. The molecule has 2 rings (SSSR count). The summed E-state index contributed by atoms with van der Waals surface area (Å²) in [5.74, 6) is 0. The molecular formula is C10H13FN2O7P+. The first-order valence-electron chi connectivity index (χ1n) is 5.86. The Morgan fingerprint density at radius 3 is 2.86 bits per heavy atom. The highest BCUT2D eigenvalue weighted by Crippen LogP contribution is 2.41. The largest absolute Gasteiger partial charge is 0.694 e. The zero-order valence-electron chi connectivity index (χ0n) is 10.8. The molecule has 9 nitrogen and oxygen atoms in total. The van der Waals surface area contributed by atoms with E-state index in [9.17, 15) is 23.7 Å². The van der Waals surface area contributed by atoms with Gasteiger partial charge in [0.15, 0.2) is 11.9 Å². The Kier molecular flexibility index (Phi) is 4.35. The van der Waals surface area contributed by atoms with Crippen LogP contribution in [-0.2, 0) is 13.8 Å². The fourth-order valence-electron chi connectivity index (χ4n) is 2.10. The number of alkyl halides is 1. The average molecular weight is 324 g/mol. The van der Waals surface area contributed by atoms with Gasteiger partial charge in [-0.1, -0.05) is 0 Å². The minimum atomic E-state index is -2.93. The molecule has 1 aliphatic heterocycles. The van der Waals surface area contributed by atoms with Crippen molar-refractivity contribution >= 4 is 8.25 Å². The lowest BCUT2D eigenvalue weighted by Crippen LogP contribution is -2.43. The minimum absolute atomic E-state index is 0.527. The molecule has 116 valence electrons. The molecule has 0 aliphatic carbocycles. The number of H-pyrrole nitrogens is 1. The number of ether oxygens (including phenoxy) is 1.